The van der Waals surface area contributed by atoms with Crippen molar-refractivity contribution in [1.29, 1.82) is 5.26 Å². The van der Waals surface area contributed by atoms with Crippen LogP contribution in [0, 0.1) is 11.3 Å². The minimum atomic E-state index is -4.53. The van der Waals surface area contributed by atoms with Crippen LogP contribution in [-0.4, -0.2) is 42.0 Å². The van der Waals surface area contributed by atoms with Crippen molar-refractivity contribution in [1.82, 2.24) is 10.2 Å². The molecule has 8 heteroatoms. The Bertz CT molecular complexity index is 357. The van der Waals surface area contributed by atoms with Gasteiger partial charge in [-0.2, -0.15) is 18.4 Å². The Morgan fingerprint density at radius 3 is 2.41 bits per heavy atom. The lowest BCUT2D eigenvalue weighted by atomic mass is 10.4. The van der Waals surface area contributed by atoms with Gasteiger partial charge in [-0.25, -0.2) is 0 Å². The molecule has 0 aliphatic heterocycles. The third-order valence-electron chi connectivity index (χ3n) is 2.12. The van der Waals surface area contributed by atoms with Crippen molar-refractivity contribution in [3.63, 3.8) is 0 Å². The molecule has 0 aromatic heterocycles. The normalized spacial score (nSPS) is 14.9. The molecule has 2 amide bonds. The average Bonchev–Trinajstić information content (AvgIpc) is 3.04. The van der Waals surface area contributed by atoms with E-state index in [9.17, 15) is 22.8 Å². The number of carbonyl (C=O) groups excluding carboxylic acids is 2. The van der Waals surface area contributed by atoms with Gasteiger partial charge in [-0.3, -0.25) is 9.59 Å². The van der Waals surface area contributed by atoms with Crippen LogP contribution < -0.4 is 5.32 Å². The van der Waals surface area contributed by atoms with E-state index >= 15 is 0 Å². The summed E-state index contributed by atoms with van der Waals surface area (Å²) in [6, 6.07) is 1.04. The lowest BCUT2D eigenvalue weighted by Crippen LogP contribution is -2.47. The molecule has 94 valence electrons. The van der Waals surface area contributed by atoms with Gasteiger partial charge in [-0.1, -0.05) is 0 Å². The van der Waals surface area contributed by atoms with Crippen LogP contribution in [0.25, 0.3) is 0 Å². The van der Waals surface area contributed by atoms with Crippen molar-refractivity contribution in [2.75, 3.05) is 13.1 Å². The molecule has 1 saturated carbocycles. The molecule has 0 heterocycles. The van der Waals surface area contributed by atoms with Gasteiger partial charge in [0.2, 0.25) is 0 Å². The minimum Gasteiger partial charge on any atom is -0.335 e. The number of hydrogen-bond donors (Lipinski definition) is 1. The molecule has 1 fully saturated rings. The Morgan fingerprint density at radius 2 is 2.00 bits per heavy atom. The van der Waals surface area contributed by atoms with E-state index in [1.165, 1.54) is 0 Å². The molecule has 1 aliphatic rings. The van der Waals surface area contributed by atoms with Crippen LogP contribution in [0.1, 0.15) is 12.8 Å². The largest absolute Gasteiger partial charge is 0.406 e. The van der Waals surface area contributed by atoms with Gasteiger partial charge in [-0.05, 0) is 12.8 Å². The number of alkyl halides is 3. The third-order valence-corrected chi connectivity index (χ3v) is 2.12. The van der Waals surface area contributed by atoms with Gasteiger partial charge in [0.25, 0.3) is 0 Å². The molecule has 1 N–H and O–H groups in total. The molecule has 0 bridgehead atoms. The fraction of sp³-hybridized carbons (Fsp3) is 0.667. The monoisotopic (exact) mass is 249 g/mol. The molecule has 0 aromatic rings. The summed E-state index contributed by atoms with van der Waals surface area (Å²) in [4.78, 5) is 23.1. The van der Waals surface area contributed by atoms with E-state index in [1.807, 2.05) is 5.32 Å². The minimum absolute atomic E-state index is 0.408. The highest BCUT2D eigenvalue weighted by Gasteiger charge is 2.42. The molecule has 1 rings (SSSR count). The fourth-order valence-electron chi connectivity index (χ4n) is 1.27. The number of nitrogens with zero attached hydrogens (tertiary/aromatic N) is 2. The van der Waals surface area contributed by atoms with E-state index in [2.05, 4.69) is 0 Å². The fourth-order valence-corrected chi connectivity index (χ4v) is 1.27. The number of carbonyl (C=O) groups is 2. The smallest absolute Gasteiger partial charge is 0.335 e. The Kier molecular flexibility index (Phi) is 3.93. The SMILES string of the molecule is N#CCNC(=O)C(=O)N(CC(F)(F)F)C1CC1. The molecule has 0 saturated heterocycles. The van der Waals surface area contributed by atoms with Crippen molar-refractivity contribution >= 4 is 11.8 Å². The first-order chi connectivity index (χ1) is 7.85. The second-order valence-corrected chi connectivity index (χ2v) is 3.62. The highest BCUT2D eigenvalue weighted by molar-refractivity contribution is 6.35. The first-order valence-electron chi connectivity index (χ1n) is 4.87. The molecule has 0 unspecified atom stereocenters. The Hall–Kier alpha value is -1.78. The van der Waals surface area contributed by atoms with Gasteiger partial charge in [0.15, 0.2) is 0 Å². The van der Waals surface area contributed by atoms with E-state index in [0.717, 1.165) is 0 Å². The molecule has 0 spiro atoms. The van der Waals surface area contributed by atoms with E-state index in [0.29, 0.717) is 17.7 Å². The van der Waals surface area contributed by atoms with Gasteiger partial charge in [0, 0.05) is 6.04 Å². The lowest BCUT2D eigenvalue weighted by molar-refractivity contribution is -0.165. The van der Waals surface area contributed by atoms with Crippen LogP contribution in [0.2, 0.25) is 0 Å². The first kappa shape index (κ1) is 13.3. The zero-order valence-corrected chi connectivity index (χ0v) is 8.75. The van der Waals surface area contributed by atoms with Gasteiger partial charge >= 0.3 is 18.0 Å². The predicted molar refractivity (Wildman–Crippen MR) is 49.4 cm³/mol. The summed E-state index contributed by atoms with van der Waals surface area (Å²) < 4.78 is 36.6. The quantitative estimate of drug-likeness (QED) is 0.572. The summed E-state index contributed by atoms with van der Waals surface area (Å²) in [5, 5.41) is 10.1. The predicted octanol–water partition coefficient (Wildman–Crippen LogP) is 0.179. The summed E-state index contributed by atoms with van der Waals surface area (Å²) >= 11 is 0. The van der Waals surface area contributed by atoms with E-state index in [4.69, 9.17) is 5.26 Å². The summed E-state index contributed by atoms with van der Waals surface area (Å²) in [6.07, 6.45) is -3.60. The zero-order valence-electron chi connectivity index (χ0n) is 8.75. The van der Waals surface area contributed by atoms with Crippen molar-refractivity contribution < 1.29 is 22.8 Å². The van der Waals surface area contributed by atoms with Crippen LogP contribution in [0.3, 0.4) is 0 Å². The van der Waals surface area contributed by atoms with Crippen molar-refractivity contribution in [2.45, 2.75) is 25.1 Å². The molecule has 17 heavy (non-hydrogen) atoms. The summed E-state index contributed by atoms with van der Waals surface area (Å²) in [6.45, 7) is -1.84. The molecule has 1 aliphatic carbocycles. The summed E-state index contributed by atoms with van der Waals surface area (Å²) in [7, 11) is 0. The molecule has 0 atom stereocenters. The van der Waals surface area contributed by atoms with Crippen molar-refractivity contribution in [3.8, 4) is 6.07 Å². The van der Waals surface area contributed by atoms with Gasteiger partial charge in [0.1, 0.15) is 13.1 Å². The molecular formula is C9H10F3N3O2. The van der Waals surface area contributed by atoms with Gasteiger partial charge in [-0.15, -0.1) is 0 Å². The standard InChI is InChI=1S/C9H10F3N3O2/c10-9(11,12)5-15(6-1-2-6)8(17)7(16)14-4-3-13/h6H,1-2,4-5H2,(H,14,16). The second kappa shape index (κ2) is 5.03. The maximum atomic E-state index is 12.2. The number of hydrogen-bond acceptors (Lipinski definition) is 3. The number of amides is 2. The van der Waals surface area contributed by atoms with E-state index < -0.39 is 37.1 Å². The summed E-state index contributed by atoms with van der Waals surface area (Å²) in [5.41, 5.74) is 0. The zero-order chi connectivity index (χ0) is 13.1. The van der Waals surface area contributed by atoms with Crippen molar-refractivity contribution in [2.24, 2.45) is 0 Å². The van der Waals surface area contributed by atoms with Crippen LogP contribution in [0.4, 0.5) is 13.2 Å². The topological polar surface area (TPSA) is 73.2 Å². The molecule has 0 radical (unpaired) electrons. The van der Waals surface area contributed by atoms with Crippen molar-refractivity contribution in [3.05, 3.63) is 0 Å². The Labute approximate surface area is 95.2 Å². The highest BCUT2D eigenvalue weighted by atomic mass is 19.4. The average molecular weight is 249 g/mol. The maximum absolute atomic E-state index is 12.2. The number of rotatable bonds is 3. The molecule has 5 nitrogen and oxygen atoms in total. The van der Waals surface area contributed by atoms with Crippen LogP contribution in [0.5, 0.6) is 0 Å². The maximum Gasteiger partial charge on any atom is 0.406 e. The Morgan fingerprint density at radius 1 is 1.41 bits per heavy atom. The Balaban J connectivity index is 2.61. The highest BCUT2D eigenvalue weighted by Crippen LogP contribution is 2.30. The molecular weight excluding hydrogens is 239 g/mol. The van der Waals surface area contributed by atoms with E-state index in [-0.39, 0.29) is 0 Å². The van der Waals surface area contributed by atoms with Gasteiger partial charge < -0.3 is 10.2 Å². The third kappa shape index (κ3) is 4.30. The lowest BCUT2D eigenvalue weighted by Gasteiger charge is -2.22. The number of halogens is 3. The number of nitrogens with one attached hydrogen (secondary N) is 1. The molecule has 0 aromatic carbocycles. The van der Waals surface area contributed by atoms with Crippen LogP contribution >= 0.6 is 0 Å². The second-order valence-electron chi connectivity index (χ2n) is 3.62. The number of nitriles is 1. The van der Waals surface area contributed by atoms with Gasteiger partial charge in [0.05, 0.1) is 6.07 Å². The first-order valence-corrected chi connectivity index (χ1v) is 4.87. The summed E-state index contributed by atoms with van der Waals surface area (Å²) in [5.74, 6) is -2.41. The van der Waals surface area contributed by atoms with E-state index in [1.54, 1.807) is 6.07 Å². The van der Waals surface area contributed by atoms with Crippen LogP contribution in [-0.2, 0) is 9.59 Å². The van der Waals surface area contributed by atoms with Crippen LogP contribution in [0.15, 0.2) is 0 Å².